The first kappa shape index (κ1) is 14.1. The molecule has 106 valence electrons. The second kappa shape index (κ2) is 5.79. The van der Waals surface area contributed by atoms with Crippen molar-refractivity contribution in [1.29, 1.82) is 0 Å². The van der Waals surface area contributed by atoms with E-state index < -0.39 is 5.97 Å². The topological polar surface area (TPSA) is 108 Å². The Morgan fingerprint density at radius 1 is 1.40 bits per heavy atom. The van der Waals surface area contributed by atoms with Gasteiger partial charge in [0.1, 0.15) is 17.2 Å². The zero-order valence-electron chi connectivity index (χ0n) is 10.6. The van der Waals surface area contributed by atoms with Crippen molar-refractivity contribution in [3.05, 3.63) is 23.4 Å². The number of halogens is 1. The van der Waals surface area contributed by atoms with Gasteiger partial charge in [-0.3, -0.25) is 0 Å². The van der Waals surface area contributed by atoms with Gasteiger partial charge >= 0.3 is 5.97 Å². The van der Waals surface area contributed by atoms with Gasteiger partial charge in [-0.1, -0.05) is 0 Å². The lowest BCUT2D eigenvalue weighted by molar-refractivity contribution is 0.0520. The first-order chi connectivity index (χ1) is 9.58. The molecule has 0 unspecified atom stereocenters. The minimum atomic E-state index is -0.663. The Morgan fingerprint density at radius 3 is 2.80 bits per heavy atom. The fraction of sp³-hybridized carbons (Fsp3) is 0.250. The molecule has 20 heavy (non-hydrogen) atoms. The van der Waals surface area contributed by atoms with Crippen LogP contribution < -0.4 is 0 Å². The number of phenolic OH excluding ortho intramolecular Hbond substituents is 2. The van der Waals surface area contributed by atoms with Crippen molar-refractivity contribution in [3.8, 4) is 22.8 Å². The Kier molecular flexibility index (Phi) is 4.09. The Hall–Kier alpha value is -2.28. The summed E-state index contributed by atoms with van der Waals surface area (Å²) in [7, 11) is 0. The molecule has 0 amide bonds. The Labute approximate surface area is 119 Å². The van der Waals surface area contributed by atoms with Crippen LogP contribution in [-0.4, -0.2) is 38.2 Å². The molecular formula is C12H12ClN3O4. The first-order valence-corrected chi connectivity index (χ1v) is 6.31. The number of carbonyl (C=O) groups is 1. The van der Waals surface area contributed by atoms with Crippen molar-refractivity contribution in [3.63, 3.8) is 0 Å². The second-order valence-electron chi connectivity index (χ2n) is 3.87. The van der Waals surface area contributed by atoms with Crippen LogP contribution in [0.1, 0.15) is 23.0 Å². The van der Waals surface area contributed by atoms with Gasteiger partial charge in [0.2, 0.25) is 0 Å². The van der Waals surface area contributed by atoms with Crippen LogP contribution in [0.2, 0.25) is 0 Å². The van der Waals surface area contributed by atoms with E-state index in [1.54, 1.807) is 6.92 Å². The molecule has 7 nitrogen and oxygen atoms in total. The summed E-state index contributed by atoms with van der Waals surface area (Å²) in [4.78, 5) is 11.8. The highest BCUT2D eigenvalue weighted by molar-refractivity contribution is 6.17. The summed E-state index contributed by atoms with van der Waals surface area (Å²) in [6.45, 7) is 1.86. The Balaban J connectivity index is 2.58. The van der Waals surface area contributed by atoms with E-state index in [0.717, 1.165) is 6.07 Å². The Morgan fingerprint density at radius 2 is 2.15 bits per heavy atom. The van der Waals surface area contributed by atoms with E-state index in [-0.39, 0.29) is 40.9 Å². The Bertz CT molecular complexity index is 642. The van der Waals surface area contributed by atoms with Gasteiger partial charge in [-0.25, -0.2) is 4.79 Å². The van der Waals surface area contributed by atoms with Crippen LogP contribution in [0.4, 0.5) is 0 Å². The highest BCUT2D eigenvalue weighted by Crippen LogP contribution is 2.37. The smallest absolute Gasteiger partial charge is 0.361 e. The van der Waals surface area contributed by atoms with E-state index in [1.165, 1.54) is 6.07 Å². The van der Waals surface area contributed by atoms with Crippen molar-refractivity contribution in [2.45, 2.75) is 12.8 Å². The summed E-state index contributed by atoms with van der Waals surface area (Å²) in [5, 5.41) is 29.3. The number of aromatic nitrogens is 3. The fourth-order valence-electron chi connectivity index (χ4n) is 1.79. The number of rotatable bonds is 4. The van der Waals surface area contributed by atoms with E-state index in [0.29, 0.717) is 5.56 Å². The summed E-state index contributed by atoms with van der Waals surface area (Å²) >= 11 is 5.79. The summed E-state index contributed by atoms with van der Waals surface area (Å²) < 4.78 is 4.86. The second-order valence-corrected chi connectivity index (χ2v) is 4.14. The zero-order chi connectivity index (χ0) is 14.7. The predicted octanol–water partition coefficient (Wildman–Crippen LogP) is 1.80. The number of hydrogen-bond donors (Lipinski definition) is 3. The molecule has 0 spiro atoms. The molecule has 0 aliphatic rings. The monoisotopic (exact) mass is 297 g/mol. The molecule has 3 N–H and O–H groups in total. The van der Waals surface area contributed by atoms with Gasteiger partial charge in [0, 0.05) is 11.9 Å². The number of hydrogen-bond acceptors (Lipinski definition) is 6. The molecule has 8 heteroatoms. The molecule has 1 aromatic carbocycles. The van der Waals surface area contributed by atoms with Crippen LogP contribution in [0.5, 0.6) is 11.5 Å². The molecular weight excluding hydrogens is 286 g/mol. The van der Waals surface area contributed by atoms with Gasteiger partial charge in [-0.2, -0.15) is 10.3 Å². The van der Waals surface area contributed by atoms with Crippen LogP contribution in [-0.2, 0) is 10.6 Å². The van der Waals surface area contributed by atoms with Crippen LogP contribution in [0.3, 0.4) is 0 Å². The highest BCUT2D eigenvalue weighted by Gasteiger charge is 2.24. The maximum Gasteiger partial charge on any atom is 0.361 e. The van der Waals surface area contributed by atoms with Gasteiger partial charge in [-0.15, -0.1) is 16.7 Å². The minimum absolute atomic E-state index is 0.0203. The third-order valence-electron chi connectivity index (χ3n) is 2.58. The average Bonchev–Trinajstić information content (AvgIpc) is 2.86. The van der Waals surface area contributed by atoms with E-state index in [1.807, 2.05) is 0 Å². The number of aromatic amines is 1. The number of phenols is 2. The number of alkyl halides is 1. The van der Waals surface area contributed by atoms with Crippen LogP contribution >= 0.6 is 11.6 Å². The molecule has 0 bridgehead atoms. The maximum absolute atomic E-state index is 11.8. The van der Waals surface area contributed by atoms with Crippen molar-refractivity contribution in [2.75, 3.05) is 6.61 Å². The number of nitrogens with one attached hydrogen (secondary N) is 1. The first-order valence-electron chi connectivity index (χ1n) is 5.77. The lowest BCUT2D eigenvalue weighted by Gasteiger charge is -2.09. The van der Waals surface area contributed by atoms with Crippen LogP contribution in [0, 0.1) is 0 Å². The number of esters is 1. The third-order valence-corrected chi connectivity index (χ3v) is 2.87. The van der Waals surface area contributed by atoms with Crippen LogP contribution in [0.15, 0.2) is 12.1 Å². The molecule has 0 radical (unpaired) electrons. The number of H-pyrrole nitrogens is 1. The van der Waals surface area contributed by atoms with Crippen LogP contribution in [0.25, 0.3) is 11.3 Å². The van der Waals surface area contributed by atoms with Gasteiger partial charge in [0.15, 0.2) is 5.69 Å². The normalized spacial score (nSPS) is 10.5. The van der Waals surface area contributed by atoms with E-state index in [4.69, 9.17) is 16.3 Å². The van der Waals surface area contributed by atoms with Crippen molar-refractivity contribution < 1.29 is 19.7 Å². The number of carbonyl (C=O) groups excluding carboxylic acids is 1. The lowest BCUT2D eigenvalue weighted by atomic mass is 10.0. The third kappa shape index (κ3) is 2.53. The predicted molar refractivity (Wildman–Crippen MR) is 70.7 cm³/mol. The zero-order valence-corrected chi connectivity index (χ0v) is 11.3. The SMILES string of the molecule is CCOC(=O)c1n[nH]nc1-c1c(O)cc(O)cc1CCl. The number of ether oxygens (including phenoxy) is 1. The summed E-state index contributed by atoms with van der Waals surface area (Å²) in [6, 6.07) is 2.51. The molecule has 1 heterocycles. The minimum Gasteiger partial charge on any atom is -0.508 e. The highest BCUT2D eigenvalue weighted by atomic mass is 35.5. The largest absolute Gasteiger partial charge is 0.508 e. The molecule has 2 aromatic rings. The molecule has 0 aliphatic carbocycles. The van der Waals surface area contributed by atoms with Gasteiger partial charge in [0.05, 0.1) is 12.2 Å². The van der Waals surface area contributed by atoms with E-state index in [2.05, 4.69) is 15.4 Å². The number of benzene rings is 1. The molecule has 0 fully saturated rings. The summed E-state index contributed by atoms with van der Waals surface area (Å²) in [6.07, 6.45) is 0. The average molecular weight is 298 g/mol. The standard InChI is InChI=1S/C12H12ClN3O4/c1-2-20-12(19)11-10(14-16-15-11)9-6(5-13)3-7(17)4-8(9)18/h3-4,17-18H,2,5H2,1H3,(H,14,15,16). The summed E-state index contributed by atoms with van der Waals surface area (Å²) in [5.74, 6) is -1.03. The summed E-state index contributed by atoms with van der Waals surface area (Å²) in [5.41, 5.74) is 0.717. The van der Waals surface area contributed by atoms with Crippen molar-refractivity contribution in [1.82, 2.24) is 15.4 Å². The molecule has 0 saturated carbocycles. The van der Waals surface area contributed by atoms with Crippen molar-refractivity contribution >= 4 is 17.6 Å². The van der Waals surface area contributed by atoms with Gasteiger partial charge in [0.25, 0.3) is 0 Å². The molecule has 1 aromatic heterocycles. The van der Waals surface area contributed by atoms with E-state index >= 15 is 0 Å². The molecule has 0 aliphatic heterocycles. The maximum atomic E-state index is 11.8. The number of nitrogens with zero attached hydrogens (tertiary/aromatic N) is 2. The fourth-order valence-corrected chi connectivity index (χ4v) is 2.01. The van der Waals surface area contributed by atoms with E-state index in [9.17, 15) is 15.0 Å². The lowest BCUT2D eigenvalue weighted by Crippen LogP contribution is -2.07. The van der Waals surface area contributed by atoms with Gasteiger partial charge in [-0.05, 0) is 18.6 Å². The molecule has 0 saturated heterocycles. The molecule has 0 atom stereocenters. The van der Waals surface area contributed by atoms with Crippen molar-refractivity contribution in [2.24, 2.45) is 0 Å². The number of aromatic hydroxyl groups is 2. The molecule has 2 rings (SSSR count). The van der Waals surface area contributed by atoms with Gasteiger partial charge < -0.3 is 14.9 Å². The quantitative estimate of drug-likeness (QED) is 0.586.